The molecule has 1 saturated heterocycles. The van der Waals surface area contributed by atoms with E-state index in [1.54, 1.807) is 18.2 Å². The van der Waals surface area contributed by atoms with Crippen LogP contribution in [0.5, 0.6) is 5.75 Å². The number of likely N-dealkylation sites (N-methyl/N-ethyl adjacent to an activating group) is 1. The molecule has 0 saturated carbocycles. The fraction of sp³-hybridized carbons (Fsp3) is 0.440. The molecule has 1 amide bonds. The van der Waals surface area contributed by atoms with Gasteiger partial charge in [-0.05, 0) is 69.6 Å². The molecule has 0 spiro atoms. The van der Waals surface area contributed by atoms with Crippen molar-refractivity contribution in [2.24, 2.45) is 0 Å². The Morgan fingerprint density at radius 3 is 2.44 bits per heavy atom. The van der Waals surface area contributed by atoms with Crippen LogP contribution in [0.4, 0.5) is 5.69 Å². The van der Waals surface area contributed by atoms with Gasteiger partial charge in [-0.25, -0.2) is 8.42 Å². The van der Waals surface area contributed by atoms with Crippen LogP contribution in [0.15, 0.2) is 47.4 Å². The first-order valence-electron chi connectivity index (χ1n) is 11.5. The third-order valence-corrected chi connectivity index (χ3v) is 7.38. The Morgan fingerprint density at radius 1 is 1.15 bits per heavy atom. The van der Waals surface area contributed by atoms with Crippen LogP contribution >= 0.6 is 0 Å². The van der Waals surface area contributed by atoms with Gasteiger partial charge in [-0.1, -0.05) is 18.6 Å². The number of benzene rings is 2. The van der Waals surface area contributed by atoms with Gasteiger partial charge < -0.3 is 10.1 Å². The third-order valence-electron chi connectivity index (χ3n) is 5.49. The Kier molecular flexibility index (Phi) is 8.67. The van der Waals surface area contributed by atoms with Gasteiger partial charge in [0.2, 0.25) is 15.9 Å². The maximum absolute atomic E-state index is 13.1. The highest BCUT2D eigenvalue weighted by molar-refractivity contribution is 7.89. The quantitative estimate of drug-likeness (QED) is 0.584. The molecule has 1 aliphatic rings. The molecule has 0 atom stereocenters. The molecule has 1 N–H and O–H groups in total. The second kappa shape index (κ2) is 11.5. The average molecular weight is 485 g/mol. The highest BCUT2D eigenvalue weighted by Gasteiger charge is 2.27. The number of nitrogens with one attached hydrogen (secondary N) is 1. The highest BCUT2D eigenvalue weighted by atomic mass is 32.2. The number of rotatable bonds is 9. The van der Waals surface area contributed by atoms with Crippen LogP contribution in [0, 0.1) is 11.3 Å². The Balaban J connectivity index is 1.74. The van der Waals surface area contributed by atoms with Crippen molar-refractivity contribution in [3.8, 4) is 11.8 Å². The topological polar surface area (TPSA) is 103 Å². The van der Waals surface area contributed by atoms with Crippen molar-refractivity contribution in [3.05, 3.63) is 53.6 Å². The first-order chi connectivity index (χ1) is 16.2. The van der Waals surface area contributed by atoms with Crippen molar-refractivity contribution in [2.45, 2.75) is 50.7 Å². The SMILES string of the molecule is CC(C)Oc1ccc(S(=O)(=O)N2CCCCC2)cc1NC(=O)CN(C)Cc1ccc(C#N)cc1. The lowest BCUT2D eigenvalue weighted by Crippen LogP contribution is -2.35. The molecule has 1 aliphatic heterocycles. The van der Waals surface area contributed by atoms with E-state index in [-0.39, 0.29) is 23.5 Å². The fourth-order valence-electron chi connectivity index (χ4n) is 3.87. The number of nitriles is 1. The van der Waals surface area contributed by atoms with Gasteiger partial charge in [0.05, 0.1) is 34.9 Å². The molecule has 0 bridgehead atoms. The number of sulfonamides is 1. The van der Waals surface area contributed by atoms with Crippen LogP contribution in [-0.4, -0.2) is 56.3 Å². The zero-order valence-electron chi connectivity index (χ0n) is 20.0. The third kappa shape index (κ3) is 6.79. The van der Waals surface area contributed by atoms with Gasteiger partial charge in [0.25, 0.3) is 0 Å². The lowest BCUT2D eigenvalue weighted by Gasteiger charge is -2.26. The second-order valence-corrected chi connectivity index (χ2v) is 10.8. The minimum Gasteiger partial charge on any atom is -0.489 e. The summed E-state index contributed by atoms with van der Waals surface area (Å²) in [4.78, 5) is 14.8. The number of piperidine rings is 1. The van der Waals surface area contributed by atoms with E-state index in [0.717, 1.165) is 24.8 Å². The summed E-state index contributed by atoms with van der Waals surface area (Å²) in [6.45, 7) is 5.38. The molecule has 182 valence electrons. The molecule has 0 aliphatic carbocycles. The molecule has 0 aromatic heterocycles. The van der Waals surface area contributed by atoms with Crippen molar-refractivity contribution in [2.75, 3.05) is 32.0 Å². The van der Waals surface area contributed by atoms with Gasteiger partial charge in [-0.15, -0.1) is 0 Å². The summed E-state index contributed by atoms with van der Waals surface area (Å²) in [6.07, 6.45) is 2.59. The summed E-state index contributed by atoms with van der Waals surface area (Å²) in [7, 11) is -1.82. The van der Waals surface area contributed by atoms with Crippen molar-refractivity contribution in [1.82, 2.24) is 9.21 Å². The van der Waals surface area contributed by atoms with Gasteiger partial charge >= 0.3 is 0 Å². The summed E-state index contributed by atoms with van der Waals surface area (Å²) in [5.41, 5.74) is 1.90. The van der Waals surface area contributed by atoms with Gasteiger partial charge in [0.15, 0.2) is 0 Å². The monoisotopic (exact) mass is 484 g/mol. The van der Waals surface area contributed by atoms with Gasteiger partial charge in [-0.3, -0.25) is 9.69 Å². The number of nitrogens with zero attached hydrogens (tertiary/aromatic N) is 3. The number of ether oxygens (including phenoxy) is 1. The van der Waals surface area contributed by atoms with E-state index in [9.17, 15) is 13.2 Å². The molecule has 9 heteroatoms. The first-order valence-corrected chi connectivity index (χ1v) is 12.9. The highest BCUT2D eigenvalue weighted by Crippen LogP contribution is 2.31. The summed E-state index contributed by atoms with van der Waals surface area (Å²) in [5, 5.41) is 11.8. The molecule has 2 aromatic carbocycles. The zero-order chi connectivity index (χ0) is 24.7. The van der Waals surface area contributed by atoms with Gasteiger partial charge in [0, 0.05) is 19.6 Å². The van der Waals surface area contributed by atoms with Crippen LogP contribution in [0.25, 0.3) is 0 Å². The van der Waals surface area contributed by atoms with E-state index in [2.05, 4.69) is 11.4 Å². The molecule has 2 aromatic rings. The molecule has 34 heavy (non-hydrogen) atoms. The molecular formula is C25H32N4O4S. The Labute approximate surface area is 202 Å². The second-order valence-electron chi connectivity index (χ2n) is 8.82. The number of carbonyl (C=O) groups is 1. The Bertz CT molecular complexity index is 1130. The summed E-state index contributed by atoms with van der Waals surface area (Å²) in [5.74, 6) is 0.146. The smallest absolute Gasteiger partial charge is 0.243 e. The summed E-state index contributed by atoms with van der Waals surface area (Å²) >= 11 is 0. The van der Waals surface area contributed by atoms with Crippen LogP contribution in [0.2, 0.25) is 0 Å². The van der Waals surface area contributed by atoms with Crippen molar-refractivity contribution < 1.29 is 17.9 Å². The molecule has 1 heterocycles. The minimum atomic E-state index is -3.64. The number of amides is 1. The number of hydrogen-bond donors (Lipinski definition) is 1. The molecule has 3 rings (SSSR count). The summed E-state index contributed by atoms with van der Waals surface area (Å²) < 4.78 is 33.6. The summed E-state index contributed by atoms with van der Waals surface area (Å²) in [6, 6.07) is 13.9. The predicted molar refractivity (Wildman–Crippen MR) is 131 cm³/mol. The minimum absolute atomic E-state index is 0.101. The first kappa shape index (κ1) is 25.7. The number of carbonyl (C=O) groups excluding carboxylic acids is 1. The normalized spacial score (nSPS) is 14.7. The average Bonchev–Trinajstić information content (AvgIpc) is 2.80. The number of hydrogen-bond acceptors (Lipinski definition) is 6. The molecule has 0 unspecified atom stereocenters. The van der Waals surface area contributed by atoms with E-state index in [1.165, 1.54) is 16.4 Å². The standard InChI is InChI=1S/C25H32N4O4S/c1-19(2)33-24-12-11-22(34(31,32)29-13-5-4-6-14-29)15-23(24)27-25(30)18-28(3)17-21-9-7-20(16-26)8-10-21/h7-12,15,19H,4-6,13-14,17-18H2,1-3H3,(H,27,30). The Morgan fingerprint density at radius 2 is 1.82 bits per heavy atom. The molecule has 8 nitrogen and oxygen atoms in total. The van der Waals surface area contributed by atoms with Gasteiger partial charge in [0.1, 0.15) is 5.75 Å². The van der Waals surface area contributed by atoms with Crippen LogP contribution in [0.3, 0.4) is 0 Å². The van der Waals surface area contributed by atoms with Crippen molar-refractivity contribution >= 4 is 21.6 Å². The fourth-order valence-corrected chi connectivity index (χ4v) is 5.41. The Hall–Kier alpha value is -2.93. The maximum Gasteiger partial charge on any atom is 0.243 e. The van der Waals surface area contributed by atoms with Crippen LogP contribution in [0.1, 0.15) is 44.2 Å². The van der Waals surface area contributed by atoms with Gasteiger partial charge in [-0.2, -0.15) is 9.57 Å². The van der Waals surface area contributed by atoms with E-state index < -0.39 is 10.0 Å². The van der Waals surface area contributed by atoms with Crippen LogP contribution < -0.4 is 10.1 Å². The molecule has 0 radical (unpaired) electrons. The lowest BCUT2D eigenvalue weighted by molar-refractivity contribution is -0.117. The van der Waals surface area contributed by atoms with Crippen molar-refractivity contribution in [1.29, 1.82) is 5.26 Å². The van der Waals surface area contributed by atoms with Crippen molar-refractivity contribution in [3.63, 3.8) is 0 Å². The zero-order valence-corrected chi connectivity index (χ0v) is 20.8. The van der Waals surface area contributed by atoms with Crippen LogP contribution in [-0.2, 0) is 21.4 Å². The largest absolute Gasteiger partial charge is 0.489 e. The van der Waals surface area contributed by atoms with E-state index >= 15 is 0 Å². The molecule has 1 fully saturated rings. The van der Waals surface area contributed by atoms with E-state index in [4.69, 9.17) is 10.00 Å². The molecular weight excluding hydrogens is 452 g/mol. The lowest BCUT2D eigenvalue weighted by atomic mass is 10.1. The van der Waals surface area contributed by atoms with E-state index in [0.29, 0.717) is 36.6 Å². The predicted octanol–water partition coefficient (Wildman–Crippen LogP) is 3.59. The maximum atomic E-state index is 13.1. The van der Waals surface area contributed by atoms with E-state index in [1.807, 2.05) is 37.9 Å². The number of anilines is 1.